The lowest BCUT2D eigenvalue weighted by molar-refractivity contribution is -0.132. The molecule has 0 aromatic heterocycles. The van der Waals surface area contributed by atoms with Gasteiger partial charge in [-0.05, 0) is 55.3 Å². The topological polar surface area (TPSA) is 58.6 Å². The van der Waals surface area contributed by atoms with Gasteiger partial charge in [0.15, 0.2) is 0 Å². The molecule has 0 aliphatic heterocycles. The second kappa shape index (κ2) is 9.38. The highest BCUT2D eigenvalue weighted by Gasteiger charge is 2.14. The van der Waals surface area contributed by atoms with E-state index in [-0.39, 0.29) is 24.8 Å². The van der Waals surface area contributed by atoms with Crippen molar-refractivity contribution in [3.63, 3.8) is 0 Å². The van der Waals surface area contributed by atoms with Crippen LogP contribution in [0.3, 0.4) is 0 Å². The summed E-state index contributed by atoms with van der Waals surface area (Å²) in [7, 11) is 1.63. The zero-order chi connectivity index (χ0) is 19.1. The Kier molecular flexibility index (Phi) is 7.21. The number of carbonyl (C=O) groups excluding carboxylic acids is 2. The number of benzene rings is 2. The maximum absolute atomic E-state index is 12.3. The van der Waals surface area contributed by atoms with Crippen LogP contribution in [0.4, 0.5) is 5.69 Å². The molecular formula is C20H23BrN2O3. The summed E-state index contributed by atoms with van der Waals surface area (Å²) < 4.78 is 6.34. The van der Waals surface area contributed by atoms with E-state index in [1.807, 2.05) is 56.3 Å². The summed E-state index contributed by atoms with van der Waals surface area (Å²) in [5, 5.41) is 2.84. The second-order valence-corrected chi connectivity index (χ2v) is 6.93. The van der Waals surface area contributed by atoms with Crippen molar-refractivity contribution < 1.29 is 14.3 Å². The van der Waals surface area contributed by atoms with Crippen molar-refractivity contribution >= 4 is 33.4 Å². The number of anilines is 1. The highest BCUT2D eigenvalue weighted by molar-refractivity contribution is 9.10. The fraction of sp³-hybridized carbons (Fsp3) is 0.300. The average molecular weight is 419 g/mol. The molecule has 0 saturated heterocycles. The third-order valence-electron chi connectivity index (χ3n) is 3.86. The van der Waals surface area contributed by atoms with E-state index in [0.29, 0.717) is 6.61 Å². The third-order valence-corrected chi connectivity index (χ3v) is 4.35. The summed E-state index contributed by atoms with van der Waals surface area (Å²) in [4.78, 5) is 26.0. The van der Waals surface area contributed by atoms with E-state index < -0.39 is 0 Å². The van der Waals surface area contributed by atoms with Gasteiger partial charge in [-0.2, -0.15) is 0 Å². The smallest absolute Gasteiger partial charge is 0.243 e. The number of halogens is 1. The number of amides is 2. The zero-order valence-electron chi connectivity index (χ0n) is 15.2. The lowest BCUT2D eigenvalue weighted by atomic mass is 10.1. The number of aryl methyl sites for hydroxylation is 1. The Hall–Kier alpha value is -2.34. The summed E-state index contributed by atoms with van der Waals surface area (Å²) in [6.07, 6.45) is 0.244. The van der Waals surface area contributed by atoms with Gasteiger partial charge in [-0.25, -0.2) is 0 Å². The van der Waals surface area contributed by atoms with Crippen molar-refractivity contribution in [2.75, 3.05) is 25.5 Å². The molecule has 1 N–H and O–H groups in total. The first kappa shape index (κ1) is 20.0. The van der Waals surface area contributed by atoms with Crippen LogP contribution < -0.4 is 10.1 Å². The van der Waals surface area contributed by atoms with Gasteiger partial charge in [-0.3, -0.25) is 9.59 Å². The Bertz CT molecular complexity index is 775. The molecule has 0 unspecified atom stereocenters. The molecule has 0 spiro atoms. The van der Waals surface area contributed by atoms with Crippen molar-refractivity contribution in [2.24, 2.45) is 0 Å². The van der Waals surface area contributed by atoms with Crippen molar-refractivity contribution in [1.82, 2.24) is 4.90 Å². The van der Waals surface area contributed by atoms with Crippen LogP contribution >= 0.6 is 15.9 Å². The van der Waals surface area contributed by atoms with E-state index in [2.05, 4.69) is 21.2 Å². The standard InChI is InChI=1S/C20H23BrN2O3/c1-4-26-17-8-5-15(6-9-17)12-20(25)23(3)13-19(24)22-18-10-7-16(21)11-14(18)2/h5-11H,4,12-13H2,1-3H3,(H,22,24). The normalized spacial score (nSPS) is 10.3. The Balaban J connectivity index is 1.88. The minimum absolute atomic E-state index is 0.00532. The van der Waals surface area contributed by atoms with Crippen LogP contribution in [0.2, 0.25) is 0 Å². The predicted molar refractivity (Wildman–Crippen MR) is 106 cm³/mol. The molecule has 2 aromatic carbocycles. The van der Waals surface area contributed by atoms with Crippen molar-refractivity contribution in [3.8, 4) is 5.75 Å². The maximum atomic E-state index is 12.3. The molecule has 26 heavy (non-hydrogen) atoms. The predicted octanol–water partition coefficient (Wildman–Crippen LogP) is 3.80. The van der Waals surface area contributed by atoms with E-state index >= 15 is 0 Å². The van der Waals surface area contributed by atoms with Gasteiger partial charge in [0.25, 0.3) is 0 Å². The van der Waals surface area contributed by atoms with Gasteiger partial charge in [0, 0.05) is 17.2 Å². The van der Waals surface area contributed by atoms with Crippen LogP contribution in [-0.2, 0) is 16.0 Å². The van der Waals surface area contributed by atoms with E-state index in [1.54, 1.807) is 7.05 Å². The minimum atomic E-state index is -0.224. The number of rotatable bonds is 7. The first-order valence-electron chi connectivity index (χ1n) is 8.40. The monoisotopic (exact) mass is 418 g/mol. The van der Waals surface area contributed by atoms with Crippen LogP contribution in [0, 0.1) is 6.92 Å². The highest BCUT2D eigenvalue weighted by atomic mass is 79.9. The molecule has 0 fully saturated rings. The van der Waals surface area contributed by atoms with E-state index in [0.717, 1.165) is 27.0 Å². The molecule has 5 nitrogen and oxygen atoms in total. The van der Waals surface area contributed by atoms with Crippen LogP contribution in [-0.4, -0.2) is 36.9 Å². The Morgan fingerprint density at radius 1 is 1.15 bits per heavy atom. The number of likely N-dealkylation sites (N-methyl/N-ethyl adjacent to an activating group) is 1. The van der Waals surface area contributed by atoms with Crippen LogP contribution in [0.25, 0.3) is 0 Å². The van der Waals surface area contributed by atoms with E-state index in [1.165, 1.54) is 4.90 Å². The number of nitrogens with zero attached hydrogens (tertiary/aromatic N) is 1. The minimum Gasteiger partial charge on any atom is -0.494 e. The number of hydrogen-bond acceptors (Lipinski definition) is 3. The Labute approximate surface area is 162 Å². The SMILES string of the molecule is CCOc1ccc(CC(=O)N(C)CC(=O)Nc2ccc(Br)cc2C)cc1. The molecule has 0 heterocycles. The fourth-order valence-corrected chi connectivity index (χ4v) is 2.92. The molecule has 138 valence electrons. The van der Waals surface area contributed by atoms with Crippen LogP contribution in [0.5, 0.6) is 5.75 Å². The maximum Gasteiger partial charge on any atom is 0.243 e. The molecule has 2 rings (SSSR count). The van der Waals surface area contributed by atoms with Gasteiger partial charge in [0.2, 0.25) is 11.8 Å². The van der Waals surface area contributed by atoms with Gasteiger partial charge in [0.1, 0.15) is 5.75 Å². The molecule has 2 aromatic rings. The van der Waals surface area contributed by atoms with Crippen molar-refractivity contribution in [3.05, 3.63) is 58.1 Å². The van der Waals surface area contributed by atoms with Crippen molar-refractivity contribution in [1.29, 1.82) is 0 Å². The molecule has 6 heteroatoms. The molecule has 0 aliphatic rings. The van der Waals surface area contributed by atoms with Gasteiger partial charge in [-0.15, -0.1) is 0 Å². The van der Waals surface area contributed by atoms with E-state index in [9.17, 15) is 9.59 Å². The summed E-state index contributed by atoms with van der Waals surface area (Å²) >= 11 is 3.39. The lowest BCUT2D eigenvalue weighted by Crippen LogP contribution is -2.35. The fourth-order valence-electron chi connectivity index (χ4n) is 2.44. The Morgan fingerprint density at radius 2 is 1.85 bits per heavy atom. The molecular weight excluding hydrogens is 396 g/mol. The highest BCUT2D eigenvalue weighted by Crippen LogP contribution is 2.20. The van der Waals surface area contributed by atoms with Crippen LogP contribution in [0.1, 0.15) is 18.1 Å². The molecule has 0 radical (unpaired) electrons. The molecule has 2 amide bonds. The number of carbonyl (C=O) groups is 2. The number of ether oxygens (including phenoxy) is 1. The second-order valence-electron chi connectivity index (χ2n) is 6.01. The average Bonchev–Trinajstić information content (AvgIpc) is 2.59. The zero-order valence-corrected chi connectivity index (χ0v) is 16.8. The lowest BCUT2D eigenvalue weighted by Gasteiger charge is -2.17. The van der Waals surface area contributed by atoms with Crippen molar-refractivity contribution in [2.45, 2.75) is 20.3 Å². The van der Waals surface area contributed by atoms with Gasteiger partial charge in [-0.1, -0.05) is 28.1 Å². The molecule has 0 bridgehead atoms. The molecule has 0 aliphatic carbocycles. The first-order chi connectivity index (χ1) is 12.4. The number of hydrogen-bond donors (Lipinski definition) is 1. The van der Waals surface area contributed by atoms with Gasteiger partial charge in [0.05, 0.1) is 19.6 Å². The number of nitrogens with one attached hydrogen (secondary N) is 1. The molecule has 0 atom stereocenters. The summed E-state index contributed by atoms with van der Waals surface area (Å²) in [5.74, 6) is 0.441. The van der Waals surface area contributed by atoms with Gasteiger partial charge < -0.3 is 15.0 Å². The summed E-state index contributed by atoms with van der Waals surface area (Å²) in [5.41, 5.74) is 2.58. The third kappa shape index (κ3) is 5.88. The quantitative estimate of drug-likeness (QED) is 0.743. The largest absolute Gasteiger partial charge is 0.494 e. The Morgan fingerprint density at radius 3 is 2.46 bits per heavy atom. The summed E-state index contributed by atoms with van der Waals surface area (Å²) in [6.45, 7) is 4.45. The van der Waals surface area contributed by atoms with Crippen LogP contribution in [0.15, 0.2) is 46.9 Å². The molecule has 0 saturated carbocycles. The first-order valence-corrected chi connectivity index (χ1v) is 9.20. The van der Waals surface area contributed by atoms with E-state index in [4.69, 9.17) is 4.74 Å². The summed E-state index contributed by atoms with van der Waals surface area (Å²) in [6, 6.07) is 13.0. The van der Waals surface area contributed by atoms with Gasteiger partial charge >= 0.3 is 0 Å².